The number of thiazole rings is 1. The van der Waals surface area contributed by atoms with Crippen LogP contribution < -0.4 is 10.1 Å². The number of rotatable bonds is 6. The van der Waals surface area contributed by atoms with Crippen LogP contribution in [0.2, 0.25) is 10.0 Å². The Kier molecular flexibility index (Phi) is 5.80. The molecule has 1 N–H and O–H groups in total. The lowest BCUT2D eigenvalue weighted by Crippen LogP contribution is -2.22. The number of ether oxygens (including phenoxy) is 1. The number of halogens is 2. The van der Waals surface area contributed by atoms with E-state index in [0.29, 0.717) is 38.2 Å². The molecule has 0 atom stereocenters. The van der Waals surface area contributed by atoms with Crippen LogP contribution in [0, 0.1) is 6.92 Å². The van der Waals surface area contributed by atoms with Crippen LogP contribution in [0.15, 0.2) is 64.4 Å². The van der Waals surface area contributed by atoms with Gasteiger partial charge in [-0.25, -0.2) is 4.98 Å². The lowest BCUT2D eigenvalue weighted by molar-refractivity contribution is -0.118. The number of nitrogens with zero attached hydrogens (tertiary/aromatic N) is 3. The monoisotopic (exact) mass is 498 g/mol. The van der Waals surface area contributed by atoms with Crippen LogP contribution in [0.4, 0.5) is 5.82 Å². The van der Waals surface area contributed by atoms with Crippen molar-refractivity contribution in [2.75, 3.05) is 11.9 Å². The van der Waals surface area contributed by atoms with Gasteiger partial charge in [0.1, 0.15) is 22.8 Å². The largest absolute Gasteiger partial charge is 0.482 e. The van der Waals surface area contributed by atoms with Gasteiger partial charge >= 0.3 is 0 Å². The summed E-state index contributed by atoms with van der Waals surface area (Å²) < 4.78 is 13.0. The zero-order valence-electron chi connectivity index (χ0n) is 17.2. The number of benzene rings is 2. The molecule has 3 heterocycles. The van der Waals surface area contributed by atoms with Gasteiger partial charge in [0.25, 0.3) is 5.91 Å². The summed E-state index contributed by atoms with van der Waals surface area (Å²) in [6.07, 6.45) is 0. The van der Waals surface area contributed by atoms with Gasteiger partial charge in [0, 0.05) is 21.9 Å². The maximum atomic E-state index is 12.5. The first kappa shape index (κ1) is 21.5. The molecule has 33 heavy (non-hydrogen) atoms. The number of para-hydroxylation sites is 1. The molecule has 1 amide bonds. The molecule has 0 aliphatic carbocycles. The minimum Gasteiger partial charge on any atom is -0.482 e. The Balaban J connectivity index is 1.33. The fourth-order valence-corrected chi connectivity index (χ4v) is 4.47. The number of hydrogen-bond donors (Lipinski definition) is 1. The normalized spacial score (nSPS) is 11.1. The van der Waals surface area contributed by atoms with E-state index in [4.69, 9.17) is 32.4 Å². The second-order valence-corrected chi connectivity index (χ2v) is 8.84. The number of nitrogens with one attached hydrogen (secondary N) is 1. The molecule has 166 valence electrons. The van der Waals surface area contributed by atoms with Crippen molar-refractivity contribution in [3.05, 3.63) is 75.7 Å². The second-order valence-electron chi connectivity index (χ2n) is 7.16. The molecule has 3 aromatic heterocycles. The molecule has 0 saturated heterocycles. The summed E-state index contributed by atoms with van der Waals surface area (Å²) >= 11 is 13.4. The van der Waals surface area contributed by atoms with E-state index in [0.717, 1.165) is 16.7 Å². The topological polar surface area (TPSA) is 82.2 Å². The lowest BCUT2D eigenvalue weighted by Gasteiger charge is -2.09. The van der Waals surface area contributed by atoms with Crippen molar-refractivity contribution in [3.63, 3.8) is 0 Å². The van der Waals surface area contributed by atoms with E-state index in [1.807, 2.05) is 42.6 Å². The van der Waals surface area contributed by atoms with E-state index in [-0.39, 0.29) is 12.5 Å². The standard InChI is InChI=1S/C23H16Cl2N4O3S/c1-13-8-21(27-22(30)11-31-19-7-6-15(24)10-16(19)25)29(28-13)23-26-17(12-33-23)20-9-14-4-2-3-5-18(14)32-20/h2-10,12H,11H2,1H3,(H,27,30). The molecule has 5 rings (SSSR count). The molecule has 0 aliphatic rings. The van der Waals surface area contributed by atoms with Crippen molar-refractivity contribution in [2.24, 2.45) is 0 Å². The summed E-state index contributed by atoms with van der Waals surface area (Å²) in [4.78, 5) is 17.2. The minimum absolute atomic E-state index is 0.228. The van der Waals surface area contributed by atoms with Crippen LogP contribution in [0.25, 0.3) is 27.6 Å². The van der Waals surface area contributed by atoms with E-state index in [2.05, 4.69) is 15.4 Å². The Bertz CT molecular complexity index is 1440. The number of amides is 1. The van der Waals surface area contributed by atoms with Gasteiger partial charge < -0.3 is 14.5 Å². The zero-order chi connectivity index (χ0) is 22.9. The number of carbonyl (C=O) groups excluding carboxylic acids is 1. The van der Waals surface area contributed by atoms with E-state index in [1.165, 1.54) is 11.3 Å². The molecule has 0 unspecified atom stereocenters. The van der Waals surface area contributed by atoms with Crippen LogP contribution in [-0.4, -0.2) is 27.3 Å². The number of hydrogen-bond acceptors (Lipinski definition) is 6. The summed E-state index contributed by atoms with van der Waals surface area (Å²) in [7, 11) is 0. The third-order valence-electron chi connectivity index (χ3n) is 4.70. The molecule has 0 radical (unpaired) electrons. The SMILES string of the molecule is Cc1cc(NC(=O)COc2ccc(Cl)cc2Cl)n(-c2nc(-c3cc4ccccc4o3)cs2)n1. The van der Waals surface area contributed by atoms with Crippen molar-refractivity contribution >= 4 is 57.2 Å². The van der Waals surface area contributed by atoms with Crippen LogP contribution in [0.3, 0.4) is 0 Å². The molecule has 0 saturated carbocycles. The molecule has 10 heteroatoms. The van der Waals surface area contributed by atoms with Gasteiger partial charge in [0.15, 0.2) is 12.4 Å². The Labute approximate surface area is 202 Å². The van der Waals surface area contributed by atoms with Crippen LogP contribution in [0.1, 0.15) is 5.69 Å². The maximum Gasteiger partial charge on any atom is 0.263 e. The van der Waals surface area contributed by atoms with Crippen LogP contribution in [-0.2, 0) is 4.79 Å². The molecule has 0 fully saturated rings. The lowest BCUT2D eigenvalue weighted by atomic mass is 10.2. The summed E-state index contributed by atoms with van der Waals surface area (Å²) in [5.41, 5.74) is 2.22. The van der Waals surface area contributed by atoms with Crippen molar-refractivity contribution in [3.8, 4) is 22.3 Å². The first-order valence-electron chi connectivity index (χ1n) is 9.85. The van der Waals surface area contributed by atoms with Gasteiger partial charge in [-0.3, -0.25) is 4.79 Å². The average Bonchev–Trinajstić information content (AvgIpc) is 3.50. The highest BCUT2D eigenvalue weighted by Crippen LogP contribution is 2.31. The van der Waals surface area contributed by atoms with Gasteiger partial charge in [-0.2, -0.15) is 9.78 Å². The summed E-state index contributed by atoms with van der Waals surface area (Å²) in [5.74, 6) is 1.16. The summed E-state index contributed by atoms with van der Waals surface area (Å²) in [5, 5.41) is 11.6. The fourth-order valence-electron chi connectivity index (χ4n) is 3.23. The van der Waals surface area contributed by atoms with Crippen molar-refractivity contribution in [1.29, 1.82) is 0 Å². The average molecular weight is 499 g/mol. The molecule has 7 nitrogen and oxygen atoms in total. The highest BCUT2D eigenvalue weighted by atomic mass is 35.5. The smallest absolute Gasteiger partial charge is 0.263 e. The van der Waals surface area contributed by atoms with Crippen LogP contribution >= 0.6 is 34.5 Å². The Hall–Kier alpha value is -3.33. The molecule has 0 aliphatic heterocycles. The minimum atomic E-state index is -0.365. The number of carbonyl (C=O) groups is 1. The summed E-state index contributed by atoms with van der Waals surface area (Å²) in [6, 6.07) is 16.3. The first-order chi connectivity index (χ1) is 16.0. The number of anilines is 1. The zero-order valence-corrected chi connectivity index (χ0v) is 19.5. The molecule has 0 bridgehead atoms. The quantitative estimate of drug-likeness (QED) is 0.293. The van der Waals surface area contributed by atoms with Crippen molar-refractivity contribution < 1.29 is 13.9 Å². The first-order valence-corrected chi connectivity index (χ1v) is 11.5. The van der Waals surface area contributed by atoms with E-state index >= 15 is 0 Å². The molecule has 2 aromatic carbocycles. The predicted octanol–water partition coefficient (Wildman–Crippen LogP) is 6.37. The van der Waals surface area contributed by atoms with Crippen molar-refractivity contribution in [2.45, 2.75) is 6.92 Å². The molecule has 0 spiro atoms. The van der Waals surface area contributed by atoms with Crippen molar-refractivity contribution in [1.82, 2.24) is 14.8 Å². The van der Waals surface area contributed by atoms with Gasteiger partial charge in [-0.05, 0) is 37.3 Å². The van der Waals surface area contributed by atoms with E-state index < -0.39 is 0 Å². The van der Waals surface area contributed by atoms with Gasteiger partial charge in [-0.1, -0.05) is 41.4 Å². The molecular formula is C23H16Cl2N4O3S. The van der Waals surface area contributed by atoms with E-state index in [1.54, 1.807) is 28.9 Å². The maximum absolute atomic E-state index is 12.5. The Morgan fingerprint density at radius 2 is 2.03 bits per heavy atom. The number of furan rings is 1. The molecular weight excluding hydrogens is 483 g/mol. The predicted molar refractivity (Wildman–Crippen MR) is 130 cm³/mol. The second kappa shape index (κ2) is 8.90. The Morgan fingerprint density at radius 1 is 1.18 bits per heavy atom. The highest BCUT2D eigenvalue weighted by molar-refractivity contribution is 7.12. The third kappa shape index (κ3) is 4.59. The number of aryl methyl sites for hydroxylation is 1. The van der Waals surface area contributed by atoms with E-state index in [9.17, 15) is 4.79 Å². The molecule has 5 aromatic rings. The summed E-state index contributed by atoms with van der Waals surface area (Å²) in [6.45, 7) is 1.61. The Morgan fingerprint density at radius 3 is 2.85 bits per heavy atom. The number of fused-ring (bicyclic) bond motifs is 1. The number of aromatic nitrogens is 3. The van der Waals surface area contributed by atoms with Gasteiger partial charge in [0.2, 0.25) is 5.13 Å². The third-order valence-corrected chi connectivity index (χ3v) is 6.05. The van der Waals surface area contributed by atoms with Gasteiger partial charge in [0.05, 0.1) is 10.7 Å². The van der Waals surface area contributed by atoms with Gasteiger partial charge in [-0.15, -0.1) is 11.3 Å². The van der Waals surface area contributed by atoms with Crippen LogP contribution in [0.5, 0.6) is 5.75 Å². The highest BCUT2D eigenvalue weighted by Gasteiger charge is 2.17. The fraction of sp³-hybridized carbons (Fsp3) is 0.0870.